The minimum atomic E-state index is -0.925. The highest BCUT2D eigenvalue weighted by atomic mass is 16.6. The average Bonchev–Trinajstić information content (AvgIpc) is 2.51. The Morgan fingerprint density at radius 1 is 1.00 bits per heavy atom. The van der Waals surface area contributed by atoms with Crippen LogP contribution in [0, 0.1) is 0 Å². The van der Waals surface area contributed by atoms with Crippen molar-refractivity contribution in [3.63, 3.8) is 0 Å². The zero-order chi connectivity index (χ0) is 20.7. The maximum Gasteiger partial charge on any atom is 0.331 e. The summed E-state index contributed by atoms with van der Waals surface area (Å²) in [4.78, 5) is 24.7. The lowest BCUT2D eigenvalue weighted by atomic mass is 10.1. The first kappa shape index (κ1) is 22.8. The molecule has 7 nitrogen and oxygen atoms in total. The molecular weight excluding hydrogens is 348 g/mol. The molecule has 0 spiro atoms. The number of hydrogen-bond acceptors (Lipinski definition) is 5. The van der Waals surface area contributed by atoms with Gasteiger partial charge in [0.05, 0.1) is 18.8 Å². The molecule has 1 aromatic rings. The quantitative estimate of drug-likeness (QED) is 0.704. The molecule has 1 rings (SSSR count). The first-order valence-electron chi connectivity index (χ1n) is 9.07. The molecule has 0 saturated heterocycles. The molecule has 1 aromatic carbocycles. The average molecular weight is 380 g/mol. The van der Waals surface area contributed by atoms with Crippen LogP contribution in [0.25, 0.3) is 0 Å². The van der Waals surface area contributed by atoms with Crippen LogP contribution >= 0.6 is 0 Å². The number of rotatable bonds is 7. The predicted octanol–water partition coefficient (Wildman–Crippen LogP) is 3.73. The van der Waals surface area contributed by atoms with Gasteiger partial charge in [0, 0.05) is 5.69 Å². The van der Waals surface area contributed by atoms with Crippen LogP contribution in [0.15, 0.2) is 24.3 Å². The lowest BCUT2D eigenvalue weighted by molar-refractivity contribution is -0.160. The molecule has 0 aliphatic carbocycles. The van der Waals surface area contributed by atoms with Gasteiger partial charge >= 0.3 is 12.0 Å². The van der Waals surface area contributed by atoms with Crippen molar-refractivity contribution in [1.29, 1.82) is 0 Å². The highest BCUT2D eigenvalue weighted by molar-refractivity contribution is 5.92. The summed E-state index contributed by atoms with van der Waals surface area (Å²) in [6.07, 6.45) is 0. The molecule has 0 saturated carbocycles. The minimum Gasteiger partial charge on any atom is -0.494 e. The Morgan fingerprint density at radius 3 is 2.07 bits per heavy atom. The molecule has 27 heavy (non-hydrogen) atoms. The maximum absolute atomic E-state index is 12.4. The fourth-order valence-corrected chi connectivity index (χ4v) is 2.00. The Bertz CT molecular complexity index is 615. The summed E-state index contributed by atoms with van der Waals surface area (Å²) in [5, 5.41) is 5.31. The molecule has 152 valence electrons. The fraction of sp³-hybridized carbons (Fsp3) is 0.600. The summed E-state index contributed by atoms with van der Waals surface area (Å²) in [6, 6.07) is 5.51. The Kier molecular flexibility index (Phi) is 8.09. The van der Waals surface area contributed by atoms with Gasteiger partial charge in [-0.2, -0.15) is 0 Å². The number of ether oxygens (including phenoxy) is 3. The van der Waals surface area contributed by atoms with Gasteiger partial charge in [0.15, 0.2) is 6.04 Å². The van der Waals surface area contributed by atoms with E-state index in [9.17, 15) is 9.59 Å². The standard InChI is InChI=1S/C20H32N2O5/c1-8-25-15-11-9-14(10-12-15)21-18(24)22-16(13-26-19(2,3)4)17(23)27-20(5,6)7/h9-12,16H,8,13H2,1-7H3,(H2,21,22,24). The number of benzene rings is 1. The van der Waals surface area contributed by atoms with E-state index in [-0.39, 0.29) is 6.61 Å². The second-order valence-electron chi connectivity index (χ2n) is 8.07. The molecule has 0 fully saturated rings. The summed E-state index contributed by atoms with van der Waals surface area (Å²) >= 11 is 0. The van der Waals surface area contributed by atoms with Gasteiger partial charge in [-0.1, -0.05) is 0 Å². The van der Waals surface area contributed by atoms with Crippen molar-refractivity contribution in [3.8, 4) is 5.75 Å². The Labute approximate surface area is 161 Å². The molecule has 0 aromatic heterocycles. The van der Waals surface area contributed by atoms with Gasteiger partial charge in [-0.3, -0.25) is 0 Å². The van der Waals surface area contributed by atoms with Gasteiger partial charge in [0.2, 0.25) is 0 Å². The Morgan fingerprint density at radius 2 is 1.59 bits per heavy atom. The van der Waals surface area contributed by atoms with Gasteiger partial charge in [-0.15, -0.1) is 0 Å². The smallest absolute Gasteiger partial charge is 0.331 e. The van der Waals surface area contributed by atoms with Crippen molar-refractivity contribution < 1.29 is 23.8 Å². The van der Waals surface area contributed by atoms with E-state index in [1.54, 1.807) is 45.0 Å². The van der Waals surface area contributed by atoms with Gasteiger partial charge in [0.25, 0.3) is 0 Å². The van der Waals surface area contributed by atoms with Crippen molar-refractivity contribution >= 4 is 17.7 Å². The van der Waals surface area contributed by atoms with Crippen molar-refractivity contribution in [3.05, 3.63) is 24.3 Å². The molecule has 0 radical (unpaired) electrons. The first-order chi connectivity index (χ1) is 12.4. The molecule has 1 unspecified atom stereocenters. The van der Waals surface area contributed by atoms with E-state index in [1.807, 2.05) is 27.7 Å². The van der Waals surface area contributed by atoms with Crippen LogP contribution < -0.4 is 15.4 Å². The van der Waals surface area contributed by atoms with Crippen LogP contribution in [0.5, 0.6) is 5.75 Å². The summed E-state index contributed by atoms with van der Waals surface area (Å²) in [5.41, 5.74) is -0.534. The molecule has 7 heteroatoms. The molecule has 2 amide bonds. The van der Waals surface area contributed by atoms with Crippen molar-refractivity contribution in [1.82, 2.24) is 5.32 Å². The number of hydrogen-bond donors (Lipinski definition) is 2. The topological polar surface area (TPSA) is 85.9 Å². The van der Waals surface area contributed by atoms with E-state index in [4.69, 9.17) is 14.2 Å². The molecule has 1 atom stereocenters. The van der Waals surface area contributed by atoms with Crippen molar-refractivity contribution in [2.75, 3.05) is 18.5 Å². The molecule has 0 bridgehead atoms. The largest absolute Gasteiger partial charge is 0.494 e. The third kappa shape index (κ3) is 9.84. The maximum atomic E-state index is 12.4. The summed E-state index contributed by atoms with van der Waals surface area (Å²) in [5.74, 6) is 0.169. The van der Waals surface area contributed by atoms with E-state index in [1.165, 1.54) is 0 Å². The van der Waals surface area contributed by atoms with Crippen molar-refractivity contribution in [2.24, 2.45) is 0 Å². The number of esters is 1. The number of amides is 2. The zero-order valence-electron chi connectivity index (χ0n) is 17.3. The van der Waals surface area contributed by atoms with Gasteiger partial charge < -0.3 is 24.8 Å². The van der Waals surface area contributed by atoms with Gasteiger partial charge in [0.1, 0.15) is 11.4 Å². The van der Waals surface area contributed by atoms with Crippen LogP contribution in [0.1, 0.15) is 48.5 Å². The van der Waals surface area contributed by atoms with Crippen LogP contribution in [0.3, 0.4) is 0 Å². The highest BCUT2D eigenvalue weighted by Gasteiger charge is 2.28. The lowest BCUT2D eigenvalue weighted by Crippen LogP contribution is -2.49. The first-order valence-corrected chi connectivity index (χ1v) is 9.07. The predicted molar refractivity (Wildman–Crippen MR) is 105 cm³/mol. The fourth-order valence-electron chi connectivity index (χ4n) is 2.00. The van der Waals surface area contributed by atoms with E-state index in [0.29, 0.717) is 18.0 Å². The van der Waals surface area contributed by atoms with Crippen LogP contribution in [0.2, 0.25) is 0 Å². The third-order valence-electron chi connectivity index (χ3n) is 3.10. The van der Waals surface area contributed by atoms with E-state index < -0.39 is 29.2 Å². The second kappa shape index (κ2) is 9.60. The number of nitrogens with one attached hydrogen (secondary N) is 2. The monoisotopic (exact) mass is 380 g/mol. The number of urea groups is 1. The van der Waals surface area contributed by atoms with Crippen LogP contribution in [-0.2, 0) is 14.3 Å². The zero-order valence-corrected chi connectivity index (χ0v) is 17.3. The van der Waals surface area contributed by atoms with E-state index >= 15 is 0 Å². The highest BCUT2D eigenvalue weighted by Crippen LogP contribution is 2.16. The third-order valence-corrected chi connectivity index (χ3v) is 3.10. The molecule has 0 heterocycles. The summed E-state index contributed by atoms with van der Waals surface area (Å²) < 4.78 is 16.4. The van der Waals surface area contributed by atoms with Crippen molar-refractivity contribution in [2.45, 2.75) is 65.7 Å². The normalized spacial score (nSPS) is 12.9. The van der Waals surface area contributed by atoms with E-state index in [2.05, 4.69) is 10.6 Å². The Hall–Kier alpha value is -2.28. The van der Waals surface area contributed by atoms with Gasteiger partial charge in [-0.25, -0.2) is 9.59 Å². The number of anilines is 1. The molecule has 2 N–H and O–H groups in total. The molecule has 0 aliphatic rings. The SMILES string of the molecule is CCOc1ccc(NC(=O)NC(COC(C)(C)C)C(=O)OC(C)(C)C)cc1. The lowest BCUT2D eigenvalue weighted by Gasteiger charge is -2.27. The molecule has 0 aliphatic heterocycles. The minimum absolute atomic E-state index is 0.00904. The van der Waals surface area contributed by atoms with Gasteiger partial charge in [-0.05, 0) is 72.7 Å². The van der Waals surface area contributed by atoms with E-state index in [0.717, 1.165) is 0 Å². The molecular formula is C20H32N2O5. The Balaban J connectivity index is 2.74. The number of carbonyl (C=O) groups excluding carboxylic acids is 2. The van der Waals surface area contributed by atoms with Crippen LogP contribution in [-0.4, -0.2) is 42.5 Å². The van der Waals surface area contributed by atoms with Crippen LogP contribution in [0.4, 0.5) is 10.5 Å². The summed E-state index contributed by atoms with van der Waals surface area (Å²) in [7, 11) is 0. The number of carbonyl (C=O) groups is 2. The summed E-state index contributed by atoms with van der Waals surface area (Å²) in [6.45, 7) is 13.4. The second-order valence-corrected chi connectivity index (χ2v) is 8.07.